The number of hydrogen-bond acceptors (Lipinski definition) is 5. The number of amides is 1. The summed E-state index contributed by atoms with van der Waals surface area (Å²) in [6.07, 6.45) is 0. The van der Waals surface area contributed by atoms with Crippen LogP contribution in [0.5, 0.6) is 5.75 Å². The maximum atomic E-state index is 11.9. The molecule has 0 saturated heterocycles. The number of ether oxygens (including phenoxy) is 2. The van der Waals surface area contributed by atoms with Crippen molar-refractivity contribution in [2.24, 2.45) is 12.0 Å². The standard InChI is InChI=1S/C16H18N2O4S/c1-4-21-15(20)14-11(2)18(3)16(23-14)17-13(19)10-22-12-8-6-5-7-9-12/h5-9H,4,10H2,1-3H3. The van der Waals surface area contributed by atoms with E-state index in [1.807, 2.05) is 18.2 Å². The Bertz CT molecular complexity index is 762. The number of rotatable bonds is 5. The number of para-hydroxylation sites is 1. The van der Waals surface area contributed by atoms with Gasteiger partial charge in [-0.2, -0.15) is 4.99 Å². The molecule has 0 atom stereocenters. The van der Waals surface area contributed by atoms with E-state index in [-0.39, 0.29) is 6.61 Å². The van der Waals surface area contributed by atoms with Crippen LogP contribution in [0, 0.1) is 6.92 Å². The van der Waals surface area contributed by atoms with E-state index in [0.717, 1.165) is 11.3 Å². The Balaban J connectivity index is 2.14. The summed E-state index contributed by atoms with van der Waals surface area (Å²) >= 11 is 1.13. The summed E-state index contributed by atoms with van der Waals surface area (Å²) in [4.78, 5) is 28.7. The van der Waals surface area contributed by atoms with Gasteiger partial charge in [-0.3, -0.25) is 4.79 Å². The summed E-state index contributed by atoms with van der Waals surface area (Å²) in [5, 5.41) is 0. The topological polar surface area (TPSA) is 69.9 Å². The van der Waals surface area contributed by atoms with Crippen LogP contribution in [-0.2, 0) is 16.6 Å². The highest BCUT2D eigenvalue weighted by Gasteiger charge is 2.16. The molecule has 2 rings (SSSR count). The smallest absolute Gasteiger partial charge is 0.350 e. The maximum Gasteiger partial charge on any atom is 0.350 e. The van der Waals surface area contributed by atoms with Gasteiger partial charge in [-0.25, -0.2) is 4.79 Å². The van der Waals surface area contributed by atoms with Crippen LogP contribution in [0.4, 0.5) is 0 Å². The molecule has 0 bridgehead atoms. The zero-order chi connectivity index (χ0) is 16.8. The molecule has 1 aromatic heterocycles. The van der Waals surface area contributed by atoms with Gasteiger partial charge >= 0.3 is 5.97 Å². The Labute approximate surface area is 138 Å². The summed E-state index contributed by atoms with van der Waals surface area (Å²) in [6.45, 7) is 3.68. The predicted molar refractivity (Wildman–Crippen MR) is 86.5 cm³/mol. The minimum atomic E-state index is -0.416. The van der Waals surface area contributed by atoms with E-state index in [4.69, 9.17) is 9.47 Å². The van der Waals surface area contributed by atoms with Crippen molar-refractivity contribution < 1.29 is 19.1 Å². The maximum absolute atomic E-state index is 11.9. The Morgan fingerprint density at radius 1 is 1.26 bits per heavy atom. The zero-order valence-electron chi connectivity index (χ0n) is 13.2. The number of esters is 1. The van der Waals surface area contributed by atoms with Gasteiger partial charge in [0.25, 0.3) is 5.91 Å². The first kappa shape index (κ1) is 17.0. The van der Waals surface area contributed by atoms with Gasteiger partial charge in [-0.15, -0.1) is 0 Å². The SMILES string of the molecule is CCOC(=O)c1sc(=NC(=O)COc2ccccc2)n(C)c1C. The molecule has 1 amide bonds. The molecule has 0 unspecified atom stereocenters. The molecule has 0 spiro atoms. The molecule has 0 fully saturated rings. The molecule has 0 saturated carbocycles. The fourth-order valence-corrected chi connectivity index (χ4v) is 2.84. The predicted octanol–water partition coefficient (Wildman–Crippen LogP) is 2.08. The lowest BCUT2D eigenvalue weighted by molar-refractivity contribution is -0.120. The number of carbonyl (C=O) groups is 2. The number of aromatic nitrogens is 1. The summed E-state index contributed by atoms with van der Waals surface area (Å²) in [6, 6.07) is 9.05. The lowest BCUT2D eigenvalue weighted by Crippen LogP contribution is -2.17. The van der Waals surface area contributed by atoms with E-state index < -0.39 is 11.9 Å². The van der Waals surface area contributed by atoms with E-state index in [2.05, 4.69) is 4.99 Å². The third kappa shape index (κ3) is 4.29. The summed E-state index contributed by atoms with van der Waals surface area (Å²) in [5.41, 5.74) is 0.712. The molecule has 7 heteroatoms. The highest BCUT2D eigenvalue weighted by Crippen LogP contribution is 2.12. The molecule has 0 aliphatic carbocycles. The molecule has 1 heterocycles. The van der Waals surface area contributed by atoms with E-state index in [1.165, 1.54) is 0 Å². The minimum Gasteiger partial charge on any atom is -0.484 e. The molecule has 0 N–H and O–H groups in total. The van der Waals surface area contributed by atoms with Crippen molar-refractivity contribution in [3.05, 3.63) is 45.7 Å². The third-order valence-electron chi connectivity index (χ3n) is 3.10. The quantitative estimate of drug-likeness (QED) is 0.785. The molecule has 0 aliphatic heterocycles. The van der Waals surface area contributed by atoms with E-state index in [1.54, 1.807) is 37.6 Å². The Hall–Kier alpha value is -2.41. The molecule has 0 radical (unpaired) electrons. The van der Waals surface area contributed by atoms with Crippen LogP contribution in [0.15, 0.2) is 35.3 Å². The first-order valence-corrected chi connectivity index (χ1v) is 7.93. The molecule has 1 aromatic carbocycles. The number of hydrogen-bond donors (Lipinski definition) is 0. The van der Waals surface area contributed by atoms with E-state index in [0.29, 0.717) is 27.7 Å². The fourth-order valence-electron chi connectivity index (χ4n) is 1.81. The number of thiazole rings is 1. The Kier molecular flexibility index (Phi) is 5.70. The highest BCUT2D eigenvalue weighted by atomic mass is 32.1. The van der Waals surface area contributed by atoms with Gasteiger partial charge in [-0.05, 0) is 26.0 Å². The van der Waals surface area contributed by atoms with E-state index in [9.17, 15) is 9.59 Å². The molecule has 122 valence electrons. The molecule has 23 heavy (non-hydrogen) atoms. The molecule has 6 nitrogen and oxygen atoms in total. The van der Waals surface area contributed by atoms with Gasteiger partial charge in [-0.1, -0.05) is 29.5 Å². The summed E-state index contributed by atoms with van der Waals surface area (Å²) in [5.74, 6) is -0.212. The molecular weight excluding hydrogens is 316 g/mol. The second-order valence-corrected chi connectivity index (χ2v) is 5.66. The normalized spacial score (nSPS) is 11.3. The average molecular weight is 334 g/mol. The highest BCUT2D eigenvalue weighted by molar-refractivity contribution is 7.11. The second kappa shape index (κ2) is 7.73. The van der Waals surface area contributed by atoms with Crippen molar-refractivity contribution in [1.29, 1.82) is 0 Å². The van der Waals surface area contributed by atoms with Crippen molar-refractivity contribution in [3.8, 4) is 5.75 Å². The van der Waals surface area contributed by atoms with Crippen LogP contribution in [0.25, 0.3) is 0 Å². The van der Waals surface area contributed by atoms with Crippen LogP contribution in [0.2, 0.25) is 0 Å². The second-order valence-electron chi connectivity index (χ2n) is 4.69. The van der Waals surface area contributed by atoms with Crippen LogP contribution in [0.3, 0.4) is 0 Å². The van der Waals surface area contributed by atoms with Crippen LogP contribution < -0.4 is 9.54 Å². The number of carbonyl (C=O) groups excluding carboxylic acids is 2. The number of benzene rings is 1. The molecule has 2 aromatic rings. The summed E-state index contributed by atoms with van der Waals surface area (Å²) in [7, 11) is 1.75. The van der Waals surface area contributed by atoms with Crippen molar-refractivity contribution in [3.63, 3.8) is 0 Å². The first-order chi connectivity index (χ1) is 11.0. The lowest BCUT2D eigenvalue weighted by Gasteiger charge is -2.02. The first-order valence-electron chi connectivity index (χ1n) is 7.12. The number of nitrogens with zero attached hydrogens (tertiary/aromatic N) is 2. The van der Waals surface area contributed by atoms with Gasteiger partial charge in [0.2, 0.25) is 0 Å². The van der Waals surface area contributed by atoms with Gasteiger partial charge in [0.05, 0.1) is 6.61 Å². The summed E-state index contributed by atoms with van der Waals surface area (Å²) < 4.78 is 12.0. The van der Waals surface area contributed by atoms with Crippen LogP contribution in [0.1, 0.15) is 22.3 Å². The lowest BCUT2D eigenvalue weighted by atomic mass is 10.3. The fraction of sp³-hybridized carbons (Fsp3) is 0.312. The van der Waals surface area contributed by atoms with Crippen molar-refractivity contribution in [2.75, 3.05) is 13.2 Å². The Morgan fingerprint density at radius 2 is 1.96 bits per heavy atom. The van der Waals surface area contributed by atoms with Crippen LogP contribution in [-0.4, -0.2) is 29.7 Å². The largest absolute Gasteiger partial charge is 0.484 e. The van der Waals surface area contributed by atoms with E-state index >= 15 is 0 Å². The van der Waals surface area contributed by atoms with Gasteiger partial charge in [0.1, 0.15) is 10.6 Å². The van der Waals surface area contributed by atoms with Crippen molar-refractivity contribution in [2.45, 2.75) is 13.8 Å². The van der Waals surface area contributed by atoms with Crippen molar-refractivity contribution >= 4 is 23.2 Å². The molecular formula is C16H18N2O4S. The van der Waals surface area contributed by atoms with Gasteiger partial charge in [0.15, 0.2) is 11.4 Å². The molecule has 0 aliphatic rings. The van der Waals surface area contributed by atoms with Crippen LogP contribution >= 0.6 is 11.3 Å². The minimum absolute atomic E-state index is 0.157. The monoisotopic (exact) mass is 334 g/mol. The third-order valence-corrected chi connectivity index (χ3v) is 4.31. The zero-order valence-corrected chi connectivity index (χ0v) is 14.1. The average Bonchev–Trinajstić information content (AvgIpc) is 2.83. The van der Waals surface area contributed by atoms with Gasteiger partial charge < -0.3 is 14.0 Å². The Morgan fingerprint density at radius 3 is 2.61 bits per heavy atom. The van der Waals surface area contributed by atoms with Crippen molar-refractivity contribution in [1.82, 2.24) is 4.57 Å². The van der Waals surface area contributed by atoms with Gasteiger partial charge in [0, 0.05) is 12.7 Å².